The number of hydrogen-bond acceptors (Lipinski definition) is 6. The zero-order valence-electron chi connectivity index (χ0n) is 13.7. The monoisotopic (exact) mass is 327 g/mol. The first-order valence-electron chi connectivity index (χ1n) is 8.08. The van der Waals surface area contributed by atoms with Crippen LogP contribution in [0.4, 0.5) is 11.5 Å². The minimum absolute atomic E-state index is 0.152. The number of non-ortho nitro benzene ring substituents is 1. The van der Waals surface area contributed by atoms with Gasteiger partial charge in [-0.2, -0.15) is 0 Å². The summed E-state index contributed by atoms with van der Waals surface area (Å²) < 4.78 is 0. The molecule has 2 heterocycles. The third-order valence-electron chi connectivity index (χ3n) is 4.48. The van der Waals surface area contributed by atoms with Crippen LogP contribution in [-0.4, -0.2) is 46.0 Å². The van der Waals surface area contributed by atoms with Crippen molar-refractivity contribution < 1.29 is 4.92 Å². The Morgan fingerprint density at radius 3 is 3.04 bits per heavy atom. The number of anilines is 1. The van der Waals surface area contributed by atoms with E-state index in [0.717, 1.165) is 43.9 Å². The number of aromatic nitrogens is 2. The van der Waals surface area contributed by atoms with Crippen LogP contribution in [0.25, 0.3) is 0 Å². The molecule has 0 aliphatic carbocycles. The van der Waals surface area contributed by atoms with E-state index in [1.54, 1.807) is 24.7 Å². The second-order valence-electron chi connectivity index (χ2n) is 6.14. The first-order valence-corrected chi connectivity index (χ1v) is 8.08. The number of piperidine rings is 1. The fourth-order valence-electron chi connectivity index (χ4n) is 3.20. The molecule has 0 bridgehead atoms. The van der Waals surface area contributed by atoms with Crippen molar-refractivity contribution in [3.63, 3.8) is 0 Å². The van der Waals surface area contributed by atoms with Crippen LogP contribution in [0, 0.1) is 10.1 Å². The van der Waals surface area contributed by atoms with Crippen molar-refractivity contribution in [3.05, 3.63) is 58.5 Å². The molecule has 1 atom stereocenters. The van der Waals surface area contributed by atoms with Crippen LogP contribution < -0.4 is 4.90 Å². The number of nitrogens with zero attached hydrogens (tertiary/aromatic N) is 5. The van der Waals surface area contributed by atoms with Crippen LogP contribution in [0.3, 0.4) is 0 Å². The Morgan fingerprint density at radius 1 is 1.42 bits per heavy atom. The molecule has 0 N–H and O–H groups in total. The predicted molar refractivity (Wildman–Crippen MR) is 91.8 cm³/mol. The van der Waals surface area contributed by atoms with Crippen molar-refractivity contribution in [3.8, 4) is 0 Å². The van der Waals surface area contributed by atoms with Crippen LogP contribution in [0.1, 0.15) is 18.4 Å². The summed E-state index contributed by atoms with van der Waals surface area (Å²) in [5, 5.41) is 10.9. The summed E-state index contributed by atoms with van der Waals surface area (Å²) in [6.45, 7) is 2.66. The molecule has 1 aromatic carbocycles. The highest BCUT2D eigenvalue weighted by molar-refractivity contribution is 5.37. The molecule has 1 aliphatic rings. The number of likely N-dealkylation sites (tertiary alicyclic amines) is 1. The lowest BCUT2D eigenvalue weighted by molar-refractivity contribution is -0.384. The van der Waals surface area contributed by atoms with Crippen LogP contribution in [0.5, 0.6) is 0 Å². The molecule has 0 spiro atoms. The number of hydrogen-bond donors (Lipinski definition) is 0. The zero-order valence-corrected chi connectivity index (χ0v) is 13.7. The molecule has 3 rings (SSSR count). The van der Waals surface area contributed by atoms with Crippen molar-refractivity contribution in [2.45, 2.75) is 25.4 Å². The maximum atomic E-state index is 10.9. The number of nitro groups is 1. The normalized spacial score (nSPS) is 18.3. The molecule has 2 aromatic rings. The van der Waals surface area contributed by atoms with E-state index in [1.807, 2.05) is 12.1 Å². The molecule has 1 saturated heterocycles. The Bertz CT molecular complexity index is 694. The summed E-state index contributed by atoms with van der Waals surface area (Å²) in [5.74, 6) is 0.923. The van der Waals surface area contributed by atoms with Crippen molar-refractivity contribution in [2.24, 2.45) is 0 Å². The molecule has 1 aliphatic heterocycles. The van der Waals surface area contributed by atoms with Gasteiger partial charge in [-0.05, 0) is 31.0 Å². The van der Waals surface area contributed by atoms with Crippen LogP contribution in [0.15, 0.2) is 42.9 Å². The molecule has 1 unspecified atom stereocenters. The van der Waals surface area contributed by atoms with Crippen LogP contribution in [0.2, 0.25) is 0 Å². The Kier molecular flexibility index (Phi) is 5.00. The van der Waals surface area contributed by atoms with Gasteiger partial charge in [-0.25, -0.2) is 9.97 Å². The summed E-state index contributed by atoms with van der Waals surface area (Å²) in [7, 11) is 2.06. The van der Waals surface area contributed by atoms with Gasteiger partial charge >= 0.3 is 0 Å². The highest BCUT2D eigenvalue weighted by atomic mass is 16.6. The van der Waals surface area contributed by atoms with E-state index in [4.69, 9.17) is 0 Å². The van der Waals surface area contributed by atoms with Crippen molar-refractivity contribution in [1.29, 1.82) is 0 Å². The summed E-state index contributed by atoms with van der Waals surface area (Å²) >= 11 is 0. The highest BCUT2D eigenvalue weighted by Crippen LogP contribution is 2.21. The second-order valence-corrected chi connectivity index (χ2v) is 6.14. The van der Waals surface area contributed by atoms with Crippen LogP contribution in [-0.2, 0) is 6.54 Å². The third-order valence-corrected chi connectivity index (χ3v) is 4.48. The van der Waals surface area contributed by atoms with Gasteiger partial charge in [0.15, 0.2) is 0 Å². The molecule has 1 aromatic heterocycles. The molecule has 0 amide bonds. The standard InChI is InChI=1S/C17H21N5O2/c1-20(17-7-8-18-13-19-17)16-6-3-9-21(12-16)11-14-4-2-5-15(10-14)22(23)24/h2,4-5,7-8,10,13,16H,3,6,9,11-12H2,1H3. The van der Waals surface area contributed by atoms with E-state index in [2.05, 4.69) is 26.8 Å². The number of benzene rings is 1. The summed E-state index contributed by atoms with van der Waals surface area (Å²) in [5.41, 5.74) is 1.13. The number of likely N-dealkylation sites (N-methyl/N-ethyl adjacent to an activating group) is 1. The van der Waals surface area contributed by atoms with Gasteiger partial charge in [-0.15, -0.1) is 0 Å². The third kappa shape index (κ3) is 3.86. The predicted octanol–water partition coefficient (Wildman–Crippen LogP) is 2.49. The van der Waals surface area contributed by atoms with E-state index in [-0.39, 0.29) is 10.6 Å². The van der Waals surface area contributed by atoms with Crippen molar-refractivity contribution in [1.82, 2.24) is 14.9 Å². The topological polar surface area (TPSA) is 75.4 Å². The Morgan fingerprint density at radius 2 is 2.29 bits per heavy atom. The van der Waals surface area contributed by atoms with Gasteiger partial charge in [-0.1, -0.05) is 12.1 Å². The smallest absolute Gasteiger partial charge is 0.269 e. The first-order chi connectivity index (χ1) is 11.6. The van der Waals surface area contributed by atoms with Gasteiger partial charge in [0.25, 0.3) is 5.69 Å². The summed E-state index contributed by atoms with van der Waals surface area (Å²) in [6.07, 6.45) is 5.54. The summed E-state index contributed by atoms with van der Waals surface area (Å²) in [6, 6.07) is 9.20. The van der Waals surface area contributed by atoms with Gasteiger partial charge in [0.1, 0.15) is 12.1 Å². The molecular formula is C17H21N5O2. The van der Waals surface area contributed by atoms with Gasteiger partial charge < -0.3 is 4.90 Å². The Labute approximate surface area is 141 Å². The van der Waals surface area contributed by atoms with Gasteiger partial charge in [0.05, 0.1) is 4.92 Å². The van der Waals surface area contributed by atoms with Gasteiger partial charge in [0, 0.05) is 44.5 Å². The minimum Gasteiger partial charge on any atom is -0.355 e. The number of rotatable bonds is 5. The van der Waals surface area contributed by atoms with E-state index in [1.165, 1.54) is 6.07 Å². The van der Waals surface area contributed by atoms with Gasteiger partial charge in [-0.3, -0.25) is 15.0 Å². The lowest BCUT2D eigenvalue weighted by atomic mass is 10.0. The lowest BCUT2D eigenvalue weighted by Gasteiger charge is -2.38. The Hall–Kier alpha value is -2.54. The molecule has 1 fully saturated rings. The molecule has 126 valence electrons. The molecule has 7 heteroatoms. The largest absolute Gasteiger partial charge is 0.355 e. The fourth-order valence-corrected chi connectivity index (χ4v) is 3.20. The quantitative estimate of drug-likeness (QED) is 0.620. The SMILES string of the molecule is CN(c1ccncn1)C1CCCN(Cc2cccc([N+](=O)[O-])c2)C1. The van der Waals surface area contributed by atoms with E-state index in [9.17, 15) is 10.1 Å². The van der Waals surface area contributed by atoms with E-state index >= 15 is 0 Å². The average molecular weight is 327 g/mol. The highest BCUT2D eigenvalue weighted by Gasteiger charge is 2.24. The zero-order chi connectivity index (χ0) is 16.9. The lowest BCUT2D eigenvalue weighted by Crippen LogP contribution is -2.46. The van der Waals surface area contributed by atoms with Gasteiger partial charge in [0.2, 0.25) is 0 Å². The molecule has 7 nitrogen and oxygen atoms in total. The maximum absolute atomic E-state index is 10.9. The average Bonchev–Trinajstić information content (AvgIpc) is 2.62. The maximum Gasteiger partial charge on any atom is 0.269 e. The van der Waals surface area contributed by atoms with Crippen LogP contribution >= 0.6 is 0 Å². The van der Waals surface area contributed by atoms with Crippen molar-refractivity contribution in [2.75, 3.05) is 25.0 Å². The first kappa shape index (κ1) is 16.3. The van der Waals surface area contributed by atoms with Crippen molar-refractivity contribution >= 4 is 11.5 Å². The van der Waals surface area contributed by atoms with E-state index in [0.29, 0.717) is 6.04 Å². The molecule has 24 heavy (non-hydrogen) atoms. The summed E-state index contributed by atoms with van der Waals surface area (Å²) in [4.78, 5) is 23.4. The Balaban J connectivity index is 1.65. The molecular weight excluding hydrogens is 306 g/mol. The molecule has 0 radical (unpaired) electrons. The fraction of sp³-hybridized carbons (Fsp3) is 0.412. The number of nitro benzene ring substituents is 1. The second kappa shape index (κ2) is 7.35. The minimum atomic E-state index is -0.342. The molecule has 0 saturated carbocycles. The van der Waals surface area contributed by atoms with E-state index < -0.39 is 0 Å².